The Morgan fingerprint density at radius 2 is 1.16 bits per heavy atom. The van der Waals surface area contributed by atoms with Gasteiger partial charge >= 0.3 is 24.1 Å². The van der Waals surface area contributed by atoms with E-state index in [-0.39, 0.29) is 48.9 Å². The third kappa shape index (κ3) is 8.60. The van der Waals surface area contributed by atoms with E-state index in [4.69, 9.17) is 18.9 Å². The van der Waals surface area contributed by atoms with Crippen LogP contribution in [0.5, 0.6) is 11.5 Å². The SMILES string of the molecule is C=C(C)C(=O)OCCNC(=O)Oc1ccc2ccccc2c1-c1c(OC(=O)NCCOC(=O)C(=C)C)ccc2cc(I)ccc12. The van der Waals surface area contributed by atoms with Crippen molar-refractivity contribution in [3.8, 4) is 22.6 Å². The van der Waals surface area contributed by atoms with E-state index in [0.29, 0.717) is 11.1 Å². The molecule has 10 nitrogen and oxygen atoms in total. The van der Waals surface area contributed by atoms with E-state index in [0.717, 1.165) is 25.1 Å². The highest BCUT2D eigenvalue weighted by Gasteiger charge is 2.22. The molecule has 0 unspecified atom stereocenters. The molecule has 0 aliphatic heterocycles. The van der Waals surface area contributed by atoms with Crippen LogP contribution in [-0.2, 0) is 19.1 Å². The highest BCUT2D eigenvalue weighted by atomic mass is 127. The molecule has 0 radical (unpaired) electrons. The first kappa shape index (κ1) is 33.0. The van der Waals surface area contributed by atoms with Crippen molar-refractivity contribution in [2.45, 2.75) is 13.8 Å². The molecule has 11 heteroatoms. The maximum Gasteiger partial charge on any atom is 0.412 e. The van der Waals surface area contributed by atoms with Crippen LogP contribution in [0.15, 0.2) is 91.0 Å². The zero-order valence-corrected chi connectivity index (χ0v) is 26.9. The summed E-state index contributed by atoms with van der Waals surface area (Å²) in [5, 5.41) is 8.41. The highest BCUT2D eigenvalue weighted by Crippen LogP contribution is 2.45. The van der Waals surface area contributed by atoms with E-state index in [1.807, 2.05) is 54.6 Å². The zero-order chi connectivity index (χ0) is 32.5. The van der Waals surface area contributed by atoms with Crippen LogP contribution in [0.3, 0.4) is 0 Å². The first-order valence-corrected chi connectivity index (χ1v) is 14.9. The topological polar surface area (TPSA) is 129 Å². The number of carbonyl (C=O) groups is 4. The van der Waals surface area contributed by atoms with Gasteiger partial charge in [-0.3, -0.25) is 0 Å². The van der Waals surface area contributed by atoms with E-state index >= 15 is 0 Å². The molecule has 0 aliphatic carbocycles. The Bertz CT molecular complexity index is 1820. The van der Waals surface area contributed by atoms with Crippen LogP contribution in [0.1, 0.15) is 13.8 Å². The van der Waals surface area contributed by atoms with Gasteiger partial charge in [0, 0.05) is 25.8 Å². The van der Waals surface area contributed by atoms with E-state index in [1.165, 1.54) is 13.8 Å². The molecule has 4 rings (SSSR count). The number of hydrogen-bond donors (Lipinski definition) is 2. The zero-order valence-electron chi connectivity index (χ0n) is 24.7. The number of esters is 2. The first-order chi connectivity index (χ1) is 21.5. The Hall–Kier alpha value is -4.91. The van der Waals surface area contributed by atoms with Crippen LogP contribution in [0.25, 0.3) is 32.7 Å². The minimum Gasteiger partial charge on any atom is -0.460 e. The van der Waals surface area contributed by atoms with Gasteiger partial charge in [0.05, 0.1) is 13.1 Å². The number of benzene rings is 4. The minimum atomic E-state index is -0.766. The van der Waals surface area contributed by atoms with Crippen LogP contribution < -0.4 is 20.1 Å². The van der Waals surface area contributed by atoms with Gasteiger partial charge in [-0.05, 0) is 82.2 Å². The molecule has 0 spiro atoms. The van der Waals surface area contributed by atoms with Gasteiger partial charge in [-0.1, -0.05) is 55.6 Å². The molecular formula is C34H31IN2O8. The molecular weight excluding hydrogens is 691 g/mol. The molecule has 4 aromatic rings. The van der Waals surface area contributed by atoms with Crippen LogP contribution in [0.2, 0.25) is 0 Å². The second-order valence-corrected chi connectivity index (χ2v) is 11.2. The van der Waals surface area contributed by atoms with Gasteiger partial charge in [0.2, 0.25) is 0 Å². The summed E-state index contributed by atoms with van der Waals surface area (Å²) < 4.78 is 22.7. The Morgan fingerprint density at radius 1 is 0.667 bits per heavy atom. The largest absolute Gasteiger partial charge is 0.460 e. The fourth-order valence-electron chi connectivity index (χ4n) is 4.33. The van der Waals surface area contributed by atoms with Gasteiger partial charge in [-0.15, -0.1) is 0 Å². The fourth-order valence-corrected chi connectivity index (χ4v) is 4.85. The maximum absolute atomic E-state index is 12.9. The average Bonchev–Trinajstić information content (AvgIpc) is 3.01. The lowest BCUT2D eigenvalue weighted by atomic mass is 9.92. The Balaban J connectivity index is 1.69. The summed E-state index contributed by atoms with van der Waals surface area (Å²) in [7, 11) is 0. The molecule has 0 atom stereocenters. The number of carbonyl (C=O) groups excluding carboxylic acids is 4. The predicted molar refractivity (Wildman–Crippen MR) is 179 cm³/mol. The summed E-state index contributed by atoms with van der Waals surface area (Å²) in [5.74, 6) is -0.685. The number of rotatable bonds is 11. The van der Waals surface area contributed by atoms with E-state index in [2.05, 4.69) is 46.4 Å². The van der Waals surface area contributed by atoms with Crippen molar-refractivity contribution >= 4 is 68.3 Å². The Morgan fingerprint density at radius 3 is 1.69 bits per heavy atom. The molecule has 0 aromatic heterocycles. The van der Waals surface area contributed by atoms with E-state index in [9.17, 15) is 19.2 Å². The van der Waals surface area contributed by atoms with E-state index in [1.54, 1.807) is 12.1 Å². The van der Waals surface area contributed by atoms with Crippen molar-refractivity contribution in [3.05, 3.63) is 94.6 Å². The first-order valence-electron chi connectivity index (χ1n) is 13.9. The molecule has 45 heavy (non-hydrogen) atoms. The van der Waals surface area contributed by atoms with Gasteiger partial charge in [0.15, 0.2) is 0 Å². The number of hydrogen-bond acceptors (Lipinski definition) is 8. The van der Waals surface area contributed by atoms with Gasteiger partial charge in [-0.25, -0.2) is 19.2 Å². The van der Waals surface area contributed by atoms with Crippen LogP contribution in [0.4, 0.5) is 9.59 Å². The van der Waals surface area contributed by atoms with Crippen LogP contribution in [-0.4, -0.2) is 50.4 Å². The molecule has 0 heterocycles. The molecule has 232 valence electrons. The molecule has 0 aliphatic rings. The number of fused-ring (bicyclic) bond motifs is 2. The van der Waals surface area contributed by atoms with Crippen molar-refractivity contribution in [3.63, 3.8) is 0 Å². The molecule has 4 aromatic carbocycles. The summed E-state index contributed by atoms with van der Waals surface area (Å²) in [5.41, 5.74) is 1.56. The minimum absolute atomic E-state index is 0.0173. The lowest BCUT2D eigenvalue weighted by Gasteiger charge is -2.19. The summed E-state index contributed by atoms with van der Waals surface area (Å²) in [6, 6.07) is 20.4. The van der Waals surface area contributed by atoms with Gasteiger partial charge < -0.3 is 29.6 Å². The van der Waals surface area contributed by atoms with Gasteiger partial charge in [0.1, 0.15) is 24.7 Å². The number of halogens is 1. The summed E-state index contributed by atoms with van der Waals surface area (Å²) in [4.78, 5) is 49.1. The molecule has 0 saturated heterocycles. The third-order valence-electron chi connectivity index (χ3n) is 6.40. The summed E-state index contributed by atoms with van der Waals surface area (Å²) in [6.45, 7) is 10.0. The molecule has 0 fully saturated rings. The standard InChI is InChI=1S/C34H31IN2O8/c1-20(2)31(38)42-17-15-36-33(40)44-27-13-9-22-7-5-6-8-25(22)29(27)30-26-12-11-24(35)19-23(26)10-14-28(30)45-34(41)37-16-18-43-32(39)21(3)4/h5-14,19H,1,3,15-18H2,2,4H3,(H,36,40)(H,37,41). The number of amides is 2. The van der Waals surface area contributed by atoms with Crippen molar-refractivity contribution in [2.24, 2.45) is 0 Å². The lowest BCUT2D eigenvalue weighted by Crippen LogP contribution is -2.31. The number of nitrogens with one attached hydrogen (secondary N) is 2. The molecule has 0 bridgehead atoms. The van der Waals surface area contributed by atoms with Crippen molar-refractivity contribution < 1.29 is 38.1 Å². The smallest absolute Gasteiger partial charge is 0.412 e. The van der Waals surface area contributed by atoms with E-state index < -0.39 is 24.1 Å². The Labute approximate surface area is 273 Å². The average molecular weight is 723 g/mol. The fraction of sp³-hybridized carbons (Fsp3) is 0.176. The van der Waals surface area contributed by atoms with Crippen molar-refractivity contribution in [1.29, 1.82) is 0 Å². The molecule has 2 N–H and O–H groups in total. The predicted octanol–water partition coefficient (Wildman–Crippen LogP) is 6.68. The second-order valence-electron chi connectivity index (χ2n) is 9.93. The van der Waals surface area contributed by atoms with Gasteiger partial charge in [-0.2, -0.15) is 0 Å². The van der Waals surface area contributed by atoms with Gasteiger partial charge in [0.25, 0.3) is 0 Å². The molecule has 2 amide bonds. The summed E-state index contributed by atoms with van der Waals surface area (Å²) in [6.07, 6.45) is -1.53. The van der Waals surface area contributed by atoms with Crippen LogP contribution in [0, 0.1) is 3.57 Å². The quantitative estimate of drug-likeness (QED) is 0.0760. The Kier molecular flexibility index (Phi) is 11.1. The second kappa shape index (κ2) is 15.2. The maximum atomic E-state index is 12.9. The summed E-state index contributed by atoms with van der Waals surface area (Å²) >= 11 is 2.22. The van der Waals surface area contributed by atoms with Crippen molar-refractivity contribution in [1.82, 2.24) is 10.6 Å². The highest BCUT2D eigenvalue weighted by molar-refractivity contribution is 14.1. The number of ether oxygens (including phenoxy) is 4. The third-order valence-corrected chi connectivity index (χ3v) is 7.07. The van der Waals surface area contributed by atoms with Crippen molar-refractivity contribution in [2.75, 3.05) is 26.3 Å². The molecule has 0 saturated carbocycles. The van der Waals surface area contributed by atoms with Crippen LogP contribution >= 0.6 is 22.6 Å². The lowest BCUT2D eigenvalue weighted by molar-refractivity contribution is -0.139. The normalized spacial score (nSPS) is 10.6. The monoisotopic (exact) mass is 722 g/mol.